The first-order chi connectivity index (χ1) is 11.7. The lowest BCUT2D eigenvalue weighted by Crippen LogP contribution is -2.57. The number of carbonyl (C=O) groups excluding carboxylic acids is 2. The van der Waals surface area contributed by atoms with Gasteiger partial charge in [0.2, 0.25) is 11.8 Å². The standard InChI is InChI=1S/C18H24N4O2/c23-17-6-7-18(24)22(17)12-14-4-5-15-13-21(10-9-20(15)11-14)16-3-1-2-8-19-16/h1-3,8,14-15H,4-7,9-13H2. The van der Waals surface area contributed by atoms with Crippen LogP contribution in [0.2, 0.25) is 0 Å². The van der Waals surface area contributed by atoms with Gasteiger partial charge in [0, 0.05) is 57.8 Å². The van der Waals surface area contributed by atoms with Crippen molar-refractivity contribution < 1.29 is 9.59 Å². The summed E-state index contributed by atoms with van der Waals surface area (Å²) in [6.45, 7) is 4.65. The average Bonchev–Trinajstić information content (AvgIpc) is 2.94. The van der Waals surface area contributed by atoms with Crippen LogP contribution in [0.25, 0.3) is 0 Å². The Morgan fingerprint density at radius 1 is 1.04 bits per heavy atom. The summed E-state index contributed by atoms with van der Waals surface area (Å²) in [5.74, 6) is 1.52. The molecule has 3 saturated heterocycles. The van der Waals surface area contributed by atoms with Crippen LogP contribution in [0.1, 0.15) is 25.7 Å². The molecule has 2 unspecified atom stereocenters. The minimum Gasteiger partial charge on any atom is -0.354 e. The predicted molar refractivity (Wildman–Crippen MR) is 90.5 cm³/mol. The first kappa shape index (κ1) is 15.6. The first-order valence-corrected chi connectivity index (χ1v) is 8.94. The maximum Gasteiger partial charge on any atom is 0.229 e. The molecule has 0 N–H and O–H groups in total. The molecule has 6 nitrogen and oxygen atoms in total. The number of piperazine rings is 1. The zero-order valence-electron chi connectivity index (χ0n) is 13.9. The summed E-state index contributed by atoms with van der Waals surface area (Å²) >= 11 is 0. The van der Waals surface area contributed by atoms with E-state index in [0.717, 1.165) is 44.8 Å². The Balaban J connectivity index is 1.34. The Hall–Kier alpha value is -1.95. The molecule has 6 heteroatoms. The fraction of sp³-hybridized carbons (Fsp3) is 0.611. The molecule has 3 aliphatic heterocycles. The molecule has 1 aromatic rings. The molecule has 0 aromatic carbocycles. The highest BCUT2D eigenvalue weighted by Crippen LogP contribution is 2.28. The number of piperidine rings is 1. The number of carbonyl (C=O) groups is 2. The summed E-state index contributed by atoms with van der Waals surface area (Å²) in [6.07, 6.45) is 4.87. The molecule has 0 spiro atoms. The lowest BCUT2D eigenvalue weighted by molar-refractivity contribution is -0.139. The number of imide groups is 1. The highest BCUT2D eigenvalue weighted by atomic mass is 16.2. The van der Waals surface area contributed by atoms with Gasteiger partial charge in [-0.25, -0.2) is 4.98 Å². The number of aromatic nitrogens is 1. The molecule has 24 heavy (non-hydrogen) atoms. The molecule has 1 aromatic heterocycles. The molecule has 4 rings (SSSR count). The van der Waals surface area contributed by atoms with Gasteiger partial charge < -0.3 is 4.90 Å². The molecule has 3 fully saturated rings. The number of likely N-dealkylation sites (tertiary alicyclic amines) is 1. The van der Waals surface area contributed by atoms with Crippen LogP contribution < -0.4 is 4.90 Å². The van der Waals surface area contributed by atoms with Gasteiger partial charge in [0.15, 0.2) is 0 Å². The number of hydrogen-bond acceptors (Lipinski definition) is 5. The summed E-state index contributed by atoms with van der Waals surface area (Å²) in [6, 6.07) is 6.62. The van der Waals surface area contributed by atoms with Crippen molar-refractivity contribution in [2.24, 2.45) is 5.92 Å². The Morgan fingerprint density at radius 2 is 1.88 bits per heavy atom. The third-order valence-electron chi connectivity index (χ3n) is 5.57. The third kappa shape index (κ3) is 3.02. The Bertz CT molecular complexity index is 605. The van der Waals surface area contributed by atoms with Crippen molar-refractivity contribution in [2.45, 2.75) is 31.7 Å². The van der Waals surface area contributed by atoms with Gasteiger partial charge in [-0.15, -0.1) is 0 Å². The molecule has 128 valence electrons. The Kier molecular flexibility index (Phi) is 4.22. The van der Waals surface area contributed by atoms with Gasteiger partial charge in [-0.2, -0.15) is 0 Å². The number of amides is 2. The topological polar surface area (TPSA) is 56.8 Å². The van der Waals surface area contributed by atoms with E-state index in [1.807, 2.05) is 18.3 Å². The second-order valence-electron chi connectivity index (χ2n) is 7.12. The number of hydrogen-bond donors (Lipinski definition) is 0. The molecule has 0 radical (unpaired) electrons. The van der Waals surface area contributed by atoms with Gasteiger partial charge >= 0.3 is 0 Å². The van der Waals surface area contributed by atoms with E-state index in [1.54, 1.807) is 0 Å². The van der Waals surface area contributed by atoms with E-state index in [-0.39, 0.29) is 11.8 Å². The van der Waals surface area contributed by atoms with Gasteiger partial charge in [-0.05, 0) is 30.9 Å². The lowest BCUT2D eigenvalue weighted by atomic mass is 9.90. The number of nitrogens with zero attached hydrogens (tertiary/aromatic N) is 4. The van der Waals surface area contributed by atoms with Gasteiger partial charge in [-0.3, -0.25) is 19.4 Å². The van der Waals surface area contributed by atoms with Gasteiger partial charge in [0.25, 0.3) is 0 Å². The maximum absolute atomic E-state index is 11.8. The quantitative estimate of drug-likeness (QED) is 0.779. The minimum atomic E-state index is 0.0158. The number of anilines is 1. The van der Waals surface area contributed by atoms with Crippen molar-refractivity contribution in [3.8, 4) is 0 Å². The fourth-order valence-electron chi connectivity index (χ4n) is 4.24. The smallest absolute Gasteiger partial charge is 0.229 e. The van der Waals surface area contributed by atoms with Crippen LogP contribution in [0.15, 0.2) is 24.4 Å². The average molecular weight is 328 g/mol. The van der Waals surface area contributed by atoms with Crippen molar-refractivity contribution >= 4 is 17.6 Å². The van der Waals surface area contributed by atoms with Crippen LogP contribution in [-0.4, -0.2) is 65.4 Å². The van der Waals surface area contributed by atoms with Gasteiger partial charge in [-0.1, -0.05) is 6.07 Å². The van der Waals surface area contributed by atoms with E-state index in [0.29, 0.717) is 31.3 Å². The van der Waals surface area contributed by atoms with Crippen LogP contribution in [0.3, 0.4) is 0 Å². The molecule has 2 atom stereocenters. The van der Waals surface area contributed by atoms with E-state index in [4.69, 9.17) is 0 Å². The second-order valence-corrected chi connectivity index (χ2v) is 7.12. The monoisotopic (exact) mass is 328 g/mol. The summed E-state index contributed by atoms with van der Waals surface area (Å²) in [5, 5.41) is 0. The SMILES string of the molecule is O=C1CCC(=O)N1CC1CCC2CN(c3ccccn3)CCN2C1. The molecular weight excluding hydrogens is 304 g/mol. The number of rotatable bonds is 3. The number of pyridine rings is 1. The van der Waals surface area contributed by atoms with Gasteiger partial charge in [0.05, 0.1) is 0 Å². The van der Waals surface area contributed by atoms with Crippen LogP contribution >= 0.6 is 0 Å². The summed E-state index contributed by atoms with van der Waals surface area (Å²) < 4.78 is 0. The normalized spacial score (nSPS) is 28.3. The van der Waals surface area contributed by atoms with E-state index < -0.39 is 0 Å². The van der Waals surface area contributed by atoms with Gasteiger partial charge in [0.1, 0.15) is 5.82 Å². The molecular formula is C18H24N4O2. The zero-order valence-corrected chi connectivity index (χ0v) is 13.9. The fourth-order valence-corrected chi connectivity index (χ4v) is 4.24. The van der Waals surface area contributed by atoms with Crippen LogP contribution in [0.4, 0.5) is 5.82 Å². The van der Waals surface area contributed by atoms with Crippen molar-refractivity contribution in [1.82, 2.24) is 14.8 Å². The van der Waals surface area contributed by atoms with Crippen LogP contribution in [-0.2, 0) is 9.59 Å². The summed E-state index contributed by atoms with van der Waals surface area (Å²) in [7, 11) is 0. The lowest BCUT2D eigenvalue weighted by Gasteiger charge is -2.47. The zero-order chi connectivity index (χ0) is 16.5. The van der Waals surface area contributed by atoms with Crippen LogP contribution in [0, 0.1) is 5.92 Å². The van der Waals surface area contributed by atoms with Crippen molar-refractivity contribution in [3.05, 3.63) is 24.4 Å². The first-order valence-electron chi connectivity index (χ1n) is 8.94. The predicted octanol–water partition coefficient (Wildman–Crippen LogP) is 1.13. The van der Waals surface area contributed by atoms with Crippen molar-refractivity contribution in [2.75, 3.05) is 37.6 Å². The second kappa shape index (κ2) is 6.51. The molecule has 0 bridgehead atoms. The maximum atomic E-state index is 11.8. The largest absolute Gasteiger partial charge is 0.354 e. The Morgan fingerprint density at radius 3 is 2.62 bits per heavy atom. The van der Waals surface area contributed by atoms with E-state index in [1.165, 1.54) is 4.90 Å². The molecule has 3 aliphatic rings. The summed E-state index contributed by atoms with van der Waals surface area (Å²) in [5.41, 5.74) is 0. The number of fused-ring (bicyclic) bond motifs is 1. The molecule has 0 saturated carbocycles. The minimum absolute atomic E-state index is 0.0158. The van der Waals surface area contributed by atoms with Crippen molar-refractivity contribution in [3.63, 3.8) is 0 Å². The summed E-state index contributed by atoms with van der Waals surface area (Å²) in [4.78, 5) is 34.5. The van der Waals surface area contributed by atoms with Crippen LogP contribution in [0.5, 0.6) is 0 Å². The third-order valence-corrected chi connectivity index (χ3v) is 5.57. The van der Waals surface area contributed by atoms with Crippen molar-refractivity contribution in [1.29, 1.82) is 0 Å². The molecule has 4 heterocycles. The highest BCUT2D eigenvalue weighted by Gasteiger charge is 2.36. The van der Waals surface area contributed by atoms with E-state index in [9.17, 15) is 9.59 Å². The Labute approximate surface area is 142 Å². The van der Waals surface area contributed by atoms with E-state index >= 15 is 0 Å². The molecule has 0 aliphatic carbocycles. The molecule has 2 amide bonds. The van der Waals surface area contributed by atoms with E-state index in [2.05, 4.69) is 20.9 Å². The highest BCUT2D eigenvalue weighted by molar-refractivity contribution is 6.01.